The van der Waals surface area contributed by atoms with Gasteiger partial charge in [0.25, 0.3) is 10.0 Å². The van der Waals surface area contributed by atoms with Crippen molar-refractivity contribution in [3.05, 3.63) is 30.1 Å². The van der Waals surface area contributed by atoms with Crippen LogP contribution in [0.2, 0.25) is 0 Å². The van der Waals surface area contributed by atoms with Gasteiger partial charge in [-0.3, -0.25) is 0 Å². The molecule has 0 atom stereocenters. The van der Waals surface area contributed by atoms with E-state index in [9.17, 15) is 17.6 Å². The number of carbonyl (C=O) groups is 1. The molecule has 1 rings (SSSR count). The van der Waals surface area contributed by atoms with Gasteiger partial charge >= 0.3 is 6.03 Å². The zero-order valence-corrected chi connectivity index (χ0v) is 8.64. The Hall–Kier alpha value is -1.63. The molecular formula is C8H9FN2O3S. The summed E-state index contributed by atoms with van der Waals surface area (Å²) in [4.78, 5) is 10.6. The van der Waals surface area contributed by atoms with Crippen molar-refractivity contribution < 1.29 is 17.6 Å². The van der Waals surface area contributed by atoms with Crippen LogP contribution in [0.25, 0.3) is 0 Å². The van der Waals surface area contributed by atoms with Gasteiger partial charge in [-0.05, 0) is 24.3 Å². The van der Waals surface area contributed by atoms with E-state index >= 15 is 0 Å². The Labute approximate surface area is 86.3 Å². The summed E-state index contributed by atoms with van der Waals surface area (Å²) in [6.45, 7) is 0. The van der Waals surface area contributed by atoms with E-state index in [-0.39, 0.29) is 4.90 Å². The number of rotatable bonds is 2. The van der Waals surface area contributed by atoms with Crippen LogP contribution in [0.5, 0.6) is 0 Å². The number of halogens is 1. The first-order valence-corrected chi connectivity index (χ1v) is 5.44. The molecule has 0 saturated carbocycles. The highest BCUT2D eigenvalue weighted by Gasteiger charge is 2.16. The van der Waals surface area contributed by atoms with Crippen molar-refractivity contribution in [1.29, 1.82) is 0 Å². The summed E-state index contributed by atoms with van der Waals surface area (Å²) in [5.41, 5.74) is 0. The van der Waals surface area contributed by atoms with Gasteiger partial charge in [0.1, 0.15) is 5.82 Å². The predicted molar refractivity (Wildman–Crippen MR) is 51.2 cm³/mol. The molecule has 0 aliphatic rings. The number of benzene rings is 1. The van der Waals surface area contributed by atoms with Crippen LogP contribution in [0, 0.1) is 5.82 Å². The van der Waals surface area contributed by atoms with Crippen molar-refractivity contribution >= 4 is 16.1 Å². The van der Waals surface area contributed by atoms with Crippen molar-refractivity contribution in [3.63, 3.8) is 0 Å². The number of hydrogen-bond acceptors (Lipinski definition) is 3. The molecule has 0 aromatic heterocycles. The van der Waals surface area contributed by atoms with Crippen molar-refractivity contribution in [2.75, 3.05) is 7.05 Å². The monoisotopic (exact) mass is 232 g/mol. The fraction of sp³-hybridized carbons (Fsp3) is 0.125. The van der Waals surface area contributed by atoms with E-state index in [1.54, 1.807) is 4.72 Å². The average molecular weight is 232 g/mol. The van der Waals surface area contributed by atoms with Crippen LogP contribution in [0.4, 0.5) is 9.18 Å². The molecule has 0 heterocycles. The molecule has 0 fully saturated rings. The van der Waals surface area contributed by atoms with Gasteiger partial charge in [-0.25, -0.2) is 22.3 Å². The lowest BCUT2D eigenvalue weighted by atomic mass is 10.4. The smallest absolute Gasteiger partial charge is 0.328 e. The summed E-state index contributed by atoms with van der Waals surface area (Å²) in [6, 6.07) is 3.29. The van der Waals surface area contributed by atoms with E-state index in [4.69, 9.17) is 0 Å². The lowest BCUT2D eigenvalue weighted by Gasteiger charge is -2.05. The lowest BCUT2D eigenvalue weighted by molar-refractivity contribution is 0.248. The van der Waals surface area contributed by atoms with Gasteiger partial charge in [-0.1, -0.05) is 0 Å². The zero-order valence-electron chi connectivity index (χ0n) is 7.82. The number of amides is 2. The maximum atomic E-state index is 12.5. The fourth-order valence-corrected chi connectivity index (χ4v) is 1.80. The van der Waals surface area contributed by atoms with Gasteiger partial charge in [0.15, 0.2) is 0 Å². The minimum absolute atomic E-state index is 0.174. The van der Waals surface area contributed by atoms with Crippen molar-refractivity contribution in [3.8, 4) is 0 Å². The highest BCUT2D eigenvalue weighted by atomic mass is 32.2. The first kappa shape index (κ1) is 11.4. The Balaban J connectivity index is 2.96. The number of urea groups is 1. The third-order valence-electron chi connectivity index (χ3n) is 1.58. The Morgan fingerprint density at radius 2 is 1.80 bits per heavy atom. The highest BCUT2D eigenvalue weighted by Crippen LogP contribution is 2.08. The topological polar surface area (TPSA) is 75.3 Å². The van der Waals surface area contributed by atoms with E-state index in [1.165, 1.54) is 7.05 Å². The quantitative estimate of drug-likeness (QED) is 0.777. The molecule has 82 valence electrons. The van der Waals surface area contributed by atoms with Crippen LogP contribution in [-0.2, 0) is 10.0 Å². The molecule has 0 unspecified atom stereocenters. The second-order valence-electron chi connectivity index (χ2n) is 2.64. The van der Waals surface area contributed by atoms with Crippen molar-refractivity contribution in [2.24, 2.45) is 0 Å². The predicted octanol–water partition coefficient (Wildman–Crippen LogP) is 0.443. The number of sulfonamides is 1. The SMILES string of the molecule is CNC(=O)NS(=O)(=O)c1ccc(F)cc1. The zero-order chi connectivity index (χ0) is 11.5. The van der Waals surface area contributed by atoms with Gasteiger partial charge in [-0.2, -0.15) is 0 Å². The maximum Gasteiger partial charge on any atom is 0.328 e. The second kappa shape index (κ2) is 4.26. The molecule has 0 spiro atoms. The first-order valence-electron chi connectivity index (χ1n) is 3.96. The van der Waals surface area contributed by atoms with Gasteiger partial charge in [0.05, 0.1) is 4.90 Å². The Morgan fingerprint density at radius 3 is 2.27 bits per heavy atom. The van der Waals surface area contributed by atoms with Crippen molar-refractivity contribution in [2.45, 2.75) is 4.90 Å². The Kier molecular flexibility index (Phi) is 3.25. The van der Waals surface area contributed by atoms with E-state index in [1.807, 2.05) is 0 Å². The maximum absolute atomic E-state index is 12.5. The van der Waals surface area contributed by atoms with Crippen LogP contribution >= 0.6 is 0 Å². The second-order valence-corrected chi connectivity index (χ2v) is 4.32. The largest absolute Gasteiger partial charge is 0.340 e. The summed E-state index contributed by atoms with van der Waals surface area (Å²) in [5.74, 6) is -0.547. The van der Waals surface area contributed by atoms with E-state index in [0.29, 0.717) is 0 Å². The van der Waals surface area contributed by atoms with Gasteiger partial charge < -0.3 is 5.32 Å². The molecular weight excluding hydrogens is 223 g/mol. The number of hydrogen-bond donors (Lipinski definition) is 2. The molecule has 1 aromatic rings. The summed E-state index contributed by atoms with van der Waals surface area (Å²) < 4.78 is 37.1. The normalized spacial score (nSPS) is 10.8. The average Bonchev–Trinajstić information content (AvgIpc) is 2.17. The van der Waals surface area contributed by atoms with Crippen LogP contribution in [0.15, 0.2) is 29.2 Å². The van der Waals surface area contributed by atoms with Gasteiger partial charge in [0, 0.05) is 7.05 Å². The minimum atomic E-state index is -3.92. The van der Waals surface area contributed by atoms with Crippen LogP contribution in [0.3, 0.4) is 0 Å². The fourth-order valence-electron chi connectivity index (χ4n) is 0.846. The molecule has 1 aromatic carbocycles. The molecule has 2 N–H and O–H groups in total. The van der Waals surface area contributed by atoms with Gasteiger partial charge in [-0.15, -0.1) is 0 Å². The van der Waals surface area contributed by atoms with Crippen LogP contribution in [0.1, 0.15) is 0 Å². The molecule has 0 aliphatic carbocycles. The van der Waals surface area contributed by atoms with E-state index in [0.717, 1.165) is 24.3 Å². The lowest BCUT2D eigenvalue weighted by Crippen LogP contribution is -2.37. The van der Waals surface area contributed by atoms with Gasteiger partial charge in [0.2, 0.25) is 0 Å². The summed E-state index contributed by atoms with van der Waals surface area (Å²) in [7, 11) is -2.63. The molecule has 5 nitrogen and oxygen atoms in total. The standard InChI is InChI=1S/C8H9FN2O3S/c1-10-8(12)11-15(13,14)7-4-2-6(9)3-5-7/h2-5H,1H3,(H2,10,11,12). The van der Waals surface area contributed by atoms with Crippen LogP contribution < -0.4 is 10.0 Å². The van der Waals surface area contributed by atoms with E-state index in [2.05, 4.69) is 5.32 Å². The molecule has 0 radical (unpaired) electrons. The highest BCUT2D eigenvalue weighted by molar-refractivity contribution is 7.90. The molecule has 15 heavy (non-hydrogen) atoms. The summed E-state index contributed by atoms with van der Waals surface area (Å²) >= 11 is 0. The number of nitrogens with one attached hydrogen (secondary N) is 2. The minimum Gasteiger partial charge on any atom is -0.340 e. The molecule has 0 aliphatic heterocycles. The number of carbonyl (C=O) groups excluding carboxylic acids is 1. The first-order chi connectivity index (χ1) is 6.95. The van der Waals surface area contributed by atoms with Crippen LogP contribution in [-0.4, -0.2) is 21.5 Å². The summed E-state index contributed by atoms with van der Waals surface area (Å²) in [6.07, 6.45) is 0. The summed E-state index contributed by atoms with van der Waals surface area (Å²) in [5, 5.41) is 2.10. The Morgan fingerprint density at radius 1 is 1.27 bits per heavy atom. The third-order valence-corrected chi connectivity index (χ3v) is 2.92. The molecule has 7 heteroatoms. The third kappa shape index (κ3) is 2.91. The Bertz CT molecular complexity index is 455. The molecule has 2 amide bonds. The molecule has 0 saturated heterocycles. The van der Waals surface area contributed by atoms with Crippen molar-refractivity contribution in [1.82, 2.24) is 10.0 Å². The van der Waals surface area contributed by atoms with E-state index < -0.39 is 21.9 Å². The molecule has 0 bridgehead atoms.